The number of nitrogens with zero attached hydrogens (tertiary/aromatic N) is 1. The molecule has 2 aromatic rings. The smallest absolute Gasteiger partial charge is 0.253 e. The molecule has 4 heteroatoms. The van der Waals surface area contributed by atoms with Crippen LogP contribution in [0.25, 0.3) is 0 Å². The quantitative estimate of drug-likeness (QED) is 0.720. The lowest BCUT2D eigenvalue weighted by atomic mass is 10.1. The Labute approximate surface area is 132 Å². The molecule has 0 fully saturated rings. The number of amides is 1. The minimum absolute atomic E-state index is 0.0337. The fraction of sp³-hybridized carbons (Fsp3) is 0.333. The van der Waals surface area contributed by atoms with Gasteiger partial charge >= 0.3 is 0 Å². The van der Waals surface area contributed by atoms with E-state index in [4.69, 9.17) is 0 Å². The Hall–Kier alpha value is -2.36. The van der Waals surface area contributed by atoms with Crippen LogP contribution in [-0.4, -0.2) is 17.4 Å². The van der Waals surface area contributed by atoms with Gasteiger partial charge in [0.05, 0.1) is 11.3 Å². The van der Waals surface area contributed by atoms with E-state index in [1.165, 1.54) is 12.8 Å². The number of aromatic nitrogens is 1. The van der Waals surface area contributed by atoms with Crippen LogP contribution in [0.1, 0.15) is 43.0 Å². The van der Waals surface area contributed by atoms with Crippen molar-refractivity contribution in [3.63, 3.8) is 0 Å². The molecular weight excluding hydrogens is 274 g/mol. The zero-order valence-corrected chi connectivity index (χ0v) is 13.0. The van der Waals surface area contributed by atoms with E-state index in [9.17, 15) is 4.79 Å². The molecule has 0 spiro atoms. The van der Waals surface area contributed by atoms with Gasteiger partial charge in [0.2, 0.25) is 0 Å². The summed E-state index contributed by atoms with van der Waals surface area (Å²) in [4.78, 5) is 16.3. The highest BCUT2D eigenvalue weighted by atomic mass is 16.1. The number of hydrogen-bond donors (Lipinski definition) is 2. The van der Waals surface area contributed by atoms with Crippen LogP contribution in [0, 0.1) is 0 Å². The maximum atomic E-state index is 12.3. The number of hydrogen-bond acceptors (Lipinski definition) is 3. The second-order valence-electron chi connectivity index (χ2n) is 5.22. The van der Waals surface area contributed by atoms with E-state index in [0.29, 0.717) is 5.56 Å². The van der Waals surface area contributed by atoms with Crippen molar-refractivity contribution in [2.75, 3.05) is 11.9 Å². The molecule has 1 amide bonds. The number of para-hydroxylation sites is 1. The van der Waals surface area contributed by atoms with E-state index in [0.717, 1.165) is 30.8 Å². The predicted molar refractivity (Wildman–Crippen MR) is 90.4 cm³/mol. The van der Waals surface area contributed by atoms with Crippen molar-refractivity contribution in [1.29, 1.82) is 0 Å². The van der Waals surface area contributed by atoms with Gasteiger partial charge in [-0.1, -0.05) is 38.3 Å². The van der Waals surface area contributed by atoms with E-state index in [1.807, 2.05) is 36.4 Å². The maximum absolute atomic E-state index is 12.3. The van der Waals surface area contributed by atoms with Crippen LogP contribution in [0.2, 0.25) is 0 Å². The predicted octanol–water partition coefficient (Wildman–Crippen LogP) is 4.14. The highest BCUT2D eigenvalue weighted by molar-refractivity contribution is 6.00. The molecule has 0 atom stereocenters. The third-order valence-corrected chi connectivity index (χ3v) is 3.45. The van der Waals surface area contributed by atoms with Crippen molar-refractivity contribution < 1.29 is 4.79 Å². The Morgan fingerprint density at radius 3 is 2.59 bits per heavy atom. The van der Waals surface area contributed by atoms with Gasteiger partial charge in [-0.05, 0) is 30.7 Å². The summed E-state index contributed by atoms with van der Waals surface area (Å²) in [5.74, 6) is -0.0337. The van der Waals surface area contributed by atoms with Crippen LogP contribution in [0.3, 0.4) is 0 Å². The highest BCUT2D eigenvalue weighted by Gasteiger charge is 2.10. The molecular formula is C18H23N3O. The number of carbonyl (C=O) groups excluding carboxylic acids is 1. The summed E-state index contributed by atoms with van der Waals surface area (Å²) in [5, 5.41) is 6.26. The molecule has 0 aliphatic rings. The summed E-state index contributed by atoms with van der Waals surface area (Å²) < 4.78 is 0. The molecule has 0 bridgehead atoms. The third-order valence-electron chi connectivity index (χ3n) is 3.45. The molecule has 0 saturated heterocycles. The molecule has 1 aromatic heterocycles. The summed E-state index contributed by atoms with van der Waals surface area (Å²) in [6.45, 7) is 2.90. The number of pyridine rings is 1. The largest absolute Gasteiger partial charge is 0.355 e. The molecule has 2 rings (SSSR count). The monoisotopic (exact) mass is 297 g/mol. The standard InChI is InChI=1S/C18H23N3O/c1-2-3-4-7-12-20-18(22)16-8-5-6-9-17(16)21-15-10-13-19-14-11-15/h5-6,8-11,13-14H,2-4,7,12H2,1H3,(H,19,21)(H,20,22). The first-order valence-corrected chi connectivity index (χ1v) is 7.85. The Bertz CT molecular complexity index is 584. The van der Waals surface area contributed by atoms with Crippen molar-refractivity contribution in [3.05, 3.63) is 54.4 Å². The van der Waals surface area contributed by atoms with Crippen LogP contribution < -0.4 is 10.6 Å². The van der Waals surface area contributed by atoms with E-state index in [-0.39, 0.29) is 5.91 Å². The average Bonchev–Trinajstić information content (AvgIpc) is 2.56. The van der Waals surface area contributed by atoms with Gasteiger partial charge in [-0.25, -0.2) is 0 Å². The van der Waals surface area contributed by atoms with Gasteiger partial charge in [0.15, 0.2) is 0 Å². The Morgan fingerprint density at radius 2 is 1.82 bits per heavy atom. The fourth-order valence-electron chi connectivity index (χ4n) is 2.23. The molecule has 2 N–H and O–H groups in total. The summed E-state index contributed by atoms with van der Waals surface area (Å²) >= 11 is 0. The number of nitrogens with one attached hydrogen (secondary N) is 2. The van der Waals surface area contributed by atoms with Gasteiger partial charge in [-0.15, -0.1) is 0 Å². The topological polar surface area (TPSA) is 54.0 Å². The van der Waals surface area contributed by atoms with Crippen LogP contribution in [-0.2, 0) is 0 Å². The van der Waals surface area contributed by atoms with Crippen molar-refractivity contribution in [2.24, 2.45) is 0 Å². The fourth-order valence-corrected chi connectivity index (χ4v) is 2.23. The normalized spacial score (nSPS) is 10.2. The first-order chi connectivity index (χ1) is 10.8. The molecule has 22 heavy (non-hydrogen) atoms. The van der Waals surface area contributed by atoms with Crippen LogP contribution in [0.4, 0.5) is 11.4 Å². The molecule has 0 radical (unpaired) electrons. The Balaban J connectivity index is 1.97. The lowest BCUT2D eigenvalue weighted by molar-refractivity contribution is 0.0954. The minimum Gasteiger partial charge on any atom is -0.355 e. The first-order valence-electron chi connectivity index (χ1n) is 7.85. The van der Waals surface area contributed by atoms with E-state index < -0.39 is 0 Å². The van der Waals surface area contributed by atoms with E-state index in [2.05, 4.69) is 22.5 Å². The molecule has 0 aliphatic heterocycles. The van der Waals surface area contributed by atoms with Crippen molar-refractivity contribution in [3.8, 4) is 0 Å². The van der Waals surface area contributed by atoms with E-state index in [1.54, 1.807) is 12.4 Å². The molecule has 1 heterocycles. The first kappa shape index (κ1) is 16.0. The molecule has 0 saturated carbocycles. The lowest BCUT2D eigenvalue weighted by Gasteiger charge is -2.12. The number of unbranched alkanes of at least 4 members (excludes halogenated alkanes) is 3. The second kappa shape index (κ2) is 8.82. The Kier molecular flexibility index (Phi) is 6.42. The van der Waals surface area contributed by atoms with Gasteiger partial charge < -0.3 is 10.6 Å². The number of benzene rings is 1. The third kappa shape index (κ3) is 4.88. The molecule has 0 unspecified atom stereocenters. The van der Waals surface area contributed by atoms with Crippen LogP contribution >= 0.6 is 0 Å². The molecule has 116 valence electrons. The number of anilines is 2. The second-order valence-corrected chi connectivity index (χ2v) is 5.22. The van der Waals surface area contributed by atoms with E-state index >= 15 is 0 Å². The highest BCUT2D eigenvalue weighted by Crippen LogP contribution is 2.20. The number of carbonyl (C=O) groups is 1. The SMILES string of the molecule is CCCCCCNC(=O)c1ccccc1Nc1ccncc1. The summed E-state index contributed by atoms with van der Waals surface area (Å²) in [6, 6.07) is 11.3. The molecule has 1 aromatic carbocycles. The van der Waals surface area contributed by atoms with Gasteiger partial charge in [0.1, 0.15) is 0 Å². The molecule has 4 nitrogen and oxygen atoms in total. The van der Waals surface area contributed by atoms with Gasteiger partial charge in [-0.2, -0.15) is 0 Å². The lowest BCUT2D eigenvalue weighted by Crippen LogP contribution is -2.25. The van der Waals surface area contributed by atoms with Crippen molar-refractivity contribution >= 4 is 17.3 Å². The number of rotatable bonds is 8. The average molecular weight is 297 g/mol. The van der Waals surface area contributed by atoms with Crippen molar-refractivity contribution in [1.82, 2.24) is 10.3 Å². The minimum atomic E-state index is -0.0337. The van der Waals surface area contributed by atoms with Gasteiger partial charge in [0.25, 0.3) is 5.91 Å². The summed E-state index contributed by atoms with van der Waals surface area (Å²) in [7, 11) is 0. The summed E-state index contributed by atoms with van der Waals surface area (Å²) in [5.41, 5.74) is 2.38. The van der Waals surface area contributed by atoms with Gasteiger partial charge in [-0.3, -0.25) is 9.78 Å². The summed E-state index contributed by atoms with van der Waals surface area (Å²) in [6.07, 6.45) is 8.05. The Morgan fingerprint density at radius 1 is 1.05 bits per heavy atom. The zero-order valence-electron chi connectivity index (χ0n) is 13.0. The molecule has 0 aliphatic carbocycles. The van der Waals surface area contributed by atoms with Crippen LogP contribution in [0.5, 0.6) is 0 Å². The van der Waals surface area contributed by atoms with Gasteiger partial charge in [0, 0.05) is 24.6 Å². The van der Waals surface area contributed by atoms with Crippen LogP contribution in [0.15, 0.2) is 48.8 Å². The zero-order chi connectivity index (χ0) is 15.6. The maximum Gasteiger partial charge on any atom is 0.253 e. The van der Waals surface area contributed by atoms with Crippen molar-refractivity contribution in [2.45, 2.75) is 32.6 Å².